The van der Waals surface area contributed by atoms with Crippen molar-refractivity contribution in [1.82, 2.24) is 0 Å². The van der Waals surface area contributed by atoms with Gasteiger partial charge in [-0.3, -0.25) is 0 Å². The van der Waals surface area contributed by atoms with Crippen molar-refractivity contribution in [2.75, 3.05) is 13.7 Å². The fraction of sp³-hybridized carbons (Fsp3) is 0.250. The Labute approximate surface area is 305 Å². The van der Waals surface area contributed by atoms with E-state index in [1.807, 2.05) is 121 Å². The summed E-state index contributed by atoms with van der Waals surface area (Å²) in [5.74, 6) is -0.624. The number of hydrogen-bond donors (Lipinski definition) is 1. The summed E-state index contributed by atoms with van der Waals surface area (Å²) in [7, 11) is 1.32. The van der Waals surface area contributed by atoms with Crippen molar-refractivity contribution in [3.8, 4) is 5.75 Å². The summed E-state index contributed by atoms with van der Waals surface area (Å²) in [6.07, 6.45) is -2.39. The van der Waals surface area contributed by atoms with E-state index in [1.54, 1.807) is 30.3 Å². The molecule has 5 atom stereocenters. The maximum atomic E-state index is 13.7. The fourth-order valence-corrected chi connectivity index (χ4v) is 6.19. The highest BCUT2D eigenvalue weighted by Crippen LogP contribution is 2.35. The van der Waals surface area contributed by atoms with Crippen LogP contribution in [0.5, 0.6) is 5.75 Å². The molecule has 0 aliphatic carbocycles. The maximum Gasteiger partial charge on any atom is 0.336 e. The van der Waals surface area contributed by atoms with Gasteiger partial charge in [-0.05, 0) is 34.4 Å². The molecule has 8 heteroatoms. The Morgan fingerprint density at radius 1 is 0.596 bits per heavy atom. The van der Waals surface area contributed by atoms with E-state index in [0.29, 0.717) is 12.2 Å². The van der Waals surface area contributed by atoms with Crippen molar-refractivity contribution in [3.63, 3.8) is 0 Å². The first-order valence-corrected chi connectivity index (χ1v) is 17.4. The molecule has 0 unspecified atom stereocenters. The minimum absolute atomic E-state index is 0.00478. The molecule has 52 heavy (non-hydrogen) atoms. The monoisotopic (exact) mass is 700 g/mol. The van der Waals surface area contributed by atoms with E-state index >= 15 is 0 Å². The van der Waals surface area contributed by atoms with Gasteiger partial charge in [0.15, 0.2) is 0 Å². The molecule has 0 spiro atoms. The number of esters is 1. The quantitative estimate of drug-likeness (QED) is 0.0828. The van der Waals surface area contributed by atoms with Crippen LogP contribution in [0, 0.1) is 0 Å². The highest BCUT2D eigenvalue weighted by atomic mass is 16.6. The Morgan fingerprint density at radius 2 is 1.04 bits per heavy atom. The van der Waals surface area contributed by atoms with E-state index in [4.69, 9.17) is 28.4 Å². The Bertz CT molecular complexity index is 1830. The topological polar surface area (TPSA) is 92.7 Å². The lowest BCUT2D eigenvalue weighted by molar-refractivity contribution is -0.265. The Balaban J connectivity index is 1.42. The first kappa shape index (κ1) is 36.7. The lowest BCUT2D eigenvalue weighted by Crippen LogP contribution is -2.62. The van der Waals surface area contributed by atoms with E-state index in [0.717, 1.165) is 22.3 Å². The van der Waals surface area contributed by atoms with E-state index in [2.05, 4.69) is 0 Å². The molecule has 1 aliphatic rings. The molecule has 268 valence electrons. The largest absolute Gasteiger partial charge is 0.507 e. The zero-order valence-corrected chi connectivity index (χ0v) is 29.2. The summed E-state index contributed by atoms with van der Waals surface area (Å²) in [5.41, 5.74) is 4.46. The number of carbonyl (C=O) groups excluding carboxylic acids is 1. The Hall–Kier alpha value is -5.09. The van der Waals surface area contributed by atoms with E-state index in [9.17, 15) is 9.90 Å². The second kappa shape index (κ2) is 18.9. The number of rotatable bonds is 16. The molecule has 1 fully saturated rings. The average Bonchev–Trinajstić information content (AvgIpc) is 3.20. The molecule has 1 aliphatic heterocycles. The van der Waals surface area contributed by atoms with Crippen LogP contribution in [0.25, 0.3) is 6.08 Å². The van der Waals surface area contributed by atoms with Gasteiger partial charge < -0.3 is 33.5 Å². The van der Waals surface area contributed by atoms with Crippen LogP contribution < -0.4 is 0 Å². The van der Waals surface area contributed by atoms with Gasteiger partial charge >= 0.3 is 5.97 Å². The van der Waals surface area contributed by atoms with Crippen LogP contribution in [-0.4, -0.2) is 55.3 Å². The third-order valence-electron chi connectivity index (χ3n) is 8.86. The van der Waals surface area contributed by atoms with Gasteiger partial charge in [-0.1, -0.05) is 140 Å². The van der Waals surface area contributed by atoms with Gasteiger partial charge in [0.1, 0.15) is 36.3 Å². The maximum absolute atomic E-state index is 13.7. The van der Waals surface area contributed by atoms with Crippen molar-refractivity contribution < 1.29 is 38.3 Å². The highest BCUT2D eigenvalue weighted by molar-refractivity contribution is 5.95. The third kappa shape index (κ3) is 10.0. The number of hydrogen-bond acceptors (Lipinski definition) is 8. The summed E-state index contributed by atoms with van der Waals surface area (Å²) in [6.45, 7) is 1.22. The van der Waals surface area contributed by atoms with Crippen molar-refractivity contribution in [2.45, 2.75) is 56.9 Å². The number of phenolic OH excluding ortho intramolecular Hbond substituents is 1. The van der Waals surface area contributed by atoms with E-state index < -0.39 is 36.5 Å². The summed E-state index contributed by atoms with van der Waals surface area (Å²) in [4.78, 5) is 13.7. The predicted octanol–water partition coefficient (Wildman–Crippen LogP) is 7.69. The molecule has 5 aromatic rings. The van der Waals surface area contributed by atoms with Gasteiger partial charge in [0.05, 0.1) is 45.7 Å². The van der Waals surface area contributed by atoms with Crippen molar-refractivity contribution >= 4 is 12.0 Å². The number of aromatic hydroxyl groups is 1. The number of methoxy groups -OCH3 is 1. The van der Waals surface area contributed by atoms with Crippen molar-refractivity contribution in [1.29, 1.82) is 0 Å². The normalized spacial score (nSPS) is 20.3. The molecular formula is C44H44O8. The molecule has 0 bridgehead atoms. The van der Waals surface area contributed by atoms with Crippen LogP contribution >= 0.6 is 0 Å². The van der Waals surface area contributed by atoms with Gasteiger partial charge in [-0.2, -0.15) is 0 Å². The number of phenols is 1. The molecule has 1 heterocycles. The summed E-state index contributed by atoms with van der Waals surface area (Å²) in [6, 6.07) is 46.2. The molecule has 0 amide bonds. The summed E-state index contributed by atoms with van der Waals surface area (Å²) >= 11 is 0. The van der Waals surface area contributed by atoms with Crippen LogP contribution in [0.15, 0.2) is 151 Å². The molecular weight excluding hydrogens is 656 g/mol. The molecule has 0 radical (unpaired) electrons. The zero-order valence-electron chi connectivity index (χ0n) is 29.2. The first-order chi connectivity index (χ1) is 25.6. The average molecular weight is 701 g/mol. The minimum Gasteiger partial charge on any atom is -0.507 e. The van der Waals surface area contributed by atoms with Crippen LogP contribution in [0.1, 0.15) is 27.8 Å². The summed E-state index contributed by atoms with van der Waals surface area (Å²) < 4.78 is 38.8. The number of carbonyl (C=O) groups is 1. The molecule has 1 N–H and O–H groups in total. The van der Waals surface area contributed by atoms with Gasteiger partial charge in [0.25, 0.3) is 0 Å². The summed E-state index contributed by atoms with van der Waals surface area (Å²) in [5, 5.41) is 10.8. The van der Waals surface area contributed by atoms with Gasteiger partial charge in [0, 0.05) is 5.56 Å². The molecule has 0 aromatic heterocycles. The first-order valence-electron chi connectivity index (χ1n) is 17.4. The van der Waals surface area contributed by atoms with Gasteiger partial charge in [0.2, 0.25) is 0 Å². The minimum atomic E-state index is -1.00. The number of ether oxygens (including phenoxy) is 6. The van der Waals surface area contributed by atoms with Gasteiger partial charge in [-0.15, -0.1) is 0 Å². The number of para-hydroxylation sites is 1. The second-order valence-corrected chi connectivity index (χ2v) is 12.5. The zero-order chi connectivity index (χ0) is 36.0. The van der Waals surface area contributed by atoms with Crippen molar-refractivity contribution in [2.24, 2.45) is 0 Å². The van der Waals surface area contributed by atoms with E-state index in [1.165, 1.54) is 7.11 Å². The molecule has 5 aromatic carbocycles. The van der Waals surface area contributed by atoms with Crippen molar-refractivity contribution in [3.05, 3.63) is 179 Å². The van der Waals surface area contributed by atoms with Crippen LogP contribution in [0.3, 0.4) is 0 Å². The number of benzene rings is 5. The SMILES string of the molecule is COC(=O)/C(=C/c1ccccc1O)[C@H]1O[C@H](COCc2ccccc2)[C@@H](OCc2ccccc2)[C@H](OCc2ccccc2)[C@@H]1OCc1ccccc1. The second-order valence-electron chi connectivity index (χ2n) is 12.5. The fourth-order valence-electron chi connectivity index (χ4n) is 6.19. The smallest absolute Gasteiger partial charge is 0.336 e. The molecule has 8 nitrogen and oxygen atoms in total. The molecule has 6 rings (SSSR count). The molecule has 0 saturated carbocycles. The van der Waals surface area contributed by atoms with Crippen LogP contribution in [-0.2, 0) is 59.6 Å². The Morgan fingerprint density at radius 3 is 1.54 bits per heavy atom. The standard InChI is InChI=1S/C44H44O8/c1-47-44(46)37(26-36-24-14-15-25-38(36)45)40-42(50-29-34-20-10-4-11-21-34)43(51-30-35-22-12-5-13-23-35)41(49-28-33-18-8-3-9-19-33)39(52-40)31-48-27-32-16-6-2-7-17-32/h2-26,39-43,45H,27-31H2,1H3/b37-26+/t39-,40-,41-,42-,43+/m1/s1. The van der Waals surface area contributed by atoms with Crippen LogP contribution in [0.2, 0.25) is 0 Å². The van der Waals surface area contributed by atoms with Gasteiger partial charge in [-0.25, -0.2) is 4.79 Å². The highest BCUT2D eigenvalue weighted by Gasteiger charge is 2.51. The third-order valence-corrected chi connectivity index (χ3v) is 8.86. The van der Waals surface area contributed by atoms with E-state index in [-0.39, 0.29) is 37.8 Å². The predicted molar refractivity (Wildman–Crippen MR) is 198 cm³/mol. The lowest BCUT2D eigenvalue weighted by atomic mass is 9.89. The molecule has 1 saturated heterocycles. The Kier molecular flexibility index (Phi) is 13.4. The van der Waals surface area contributed by atoms with Crippen LogP contribution in [0.4, 0.5) is 0 Å². The lowest BCUT2D eigenvalue weighted by Gasteiger charge is -2.46.